The summed E-state index contributed by atoms with van der Waals surface area (Å²) >= 11 is 0. The number of nitrogens with zero attached hydrogens (tertiary/aromatic N) is 2. The molecule has 0 spiro atoms. The monoisotopic (exact) mass is 262 g/mol. The third-order valence-corrected chi connectivity index (χ3v) is 3.68. The Morgan fingerprint density at radius 1 is 1.47 bits per heavy atom. The largest absolute Gasteiger partial charge is 0.468 e. The van der Waals surface area contributed by atoms with Gasteiger partial charge in [0.1, 0.15) is 0 Å². The van der Waals surface area contributed by atoms with Crippen molar-refractivity contribution in [2.75, 3.05) is 26.0 Å². The maximum absolute atomic E-state index is 11.9. The molecule has 0 atom stereocenters. The van der Waals surface area contributed by atoms with Crippen LogP contribution in [0.1, 0.15) is 20.3 Å². The molecular weight excluding hydrogens is 244 g/mol. The molecule has 17 heavy (non-hydrogen) atoms. The summed E-state index contributed by atoms with van der Waals surface area (Å²) in [4.78, 5) is 11.0. The number of sulfonamides is 1. The molecule has 98 valence electrons. The van der Waals surface area contributed by atoms with E-state index in [9.17, 15) is 13.2 Å². The summed E-state index contributed by atoms with van der Waals surface area (Å²) < 4.78 is 29.2. The lowest BCUT2D eigenvalue weighted by Gasteiger charge is -2.22. The summed E-state index contributed by atoms with van der Waals surface area (Å²) in [5.41, 5.74) is 0. The van der Waals surface area contributed by atoms with E-state index in [1.807, 2.05) is 19.9 Å². The number of methoxy groups -OCH3 is 1. The second-order valence-corrected chi connectivity index (χ2v) is 5.96. The molecule has 0 heterocycles. The highest BCUT2D eigenvalue weighted by Crippen LogP contribution is 2.08. The fourth-order valence-electron chi connectivity index (χ4n) is 1.23. The highest BCUT2D eigenvalue weighted by Gasteiger charge is 2.25. The van der Waals surface area contributed by atoms with Crippen LogP contribution in [0.5, 0.6) is 0 Å². The van der Waals surface area contributed by atoms with E-state index in [-0.39, 0.29) is 18.9 Å². The minimum absolute atomic E-state index is 0.104. The Morgan fingerprint density at radius 3 is 2.47 bits per heavy atom. The fraction of sp³-hybridized carbons (Fsp3) is 0.800. The zero-order valence-corrected chi connectivity index (χ0v) is 11.2. The van der Waals surface area contributed by atoms with Crippen molar-refractivity contribution in [1.82, 2.24) is 4.31 Å². The van der Waals surface area contributed by atoms with Crippen molar-refractivity contribution in [2.24, 2.45) is 5.92 Å². The molecule has 0 bridgehead atoms. The zero-order valence-electron chi connectivity index (χ0n) is 10.3. The number of esters is 1. The Morgan fingerprint density at radius 2 is 2.06 bits per heavy atom. The fourth-order valence-corrected chi connectivity index (χ4v) is 2.72. The standard InChI is InChI=1S/C10H18N2O4S/c1-9(2)7-12(6-4-5-11)17(14,15)8-10(13)16-3/h9H,4,6-8H2,1-3H3. The number of hydrogen-bond acceptors (Lipinski definition) is 5. The van der Waals surface area contributed by atoms with Gasteiger partial charge in [-0.05, 0) is 5.92 Å². The molecule has 6 nitrogen and oxygen atoms in total. The molecule has 0 aliphatic heterocycles. The van der Waals surface area contributed by atoms with Crippen LogP contribution in [0, 0.1) is 17.2 Å². The van der Waals surface area contributed by atoms with Crippen LogP contribution < -0.4 is 0 Å². The molecule has 0 aromatic carbocycles. The van der Waals surface area contributed by atoms with Gasteiger partial charge in [0, 0.05) is 19.5 Å². The number of carbonyl (C=O) groups is 1. The lowest BCUT2D eigenvalue weighted by atomic mass is 10.2. The van der Waals surface area contributed by atoms with Gasteiger partial charge >= 0.3 is 5.97 Å². The summed E-state index contributed by atoms with van der Waals surface area (Å²) in [6, 6.07) is 1.89. The number of rotatable bonds is 7. The topological polar surface area (TPSA) is 87.5 Å². The zero-order chi connectivity index (χ0) is 13.5. The number of carbonyl (C=O) groups excluding carboxylic acids is 1. The van der Waals surface area contributed by atoms with Crippen LogP contribution in [0.2, 0.25) is 0 Å². The average molecular weight is 262 g/mol. The van der Waals surface area contributed by atoms with E-state index < -0.39 is 21.7 Å². The molecule has 0 aliphatic rings. The van der Waals surface area contributed by atoms with Crippen molar-refractivity contribution >= 4 is 16.0 Å². The molecule has 0 saturated carbocycles. The summed E-state index contributed by atoms with van der Waals surface area (Å²) in [7, 11) is -2.55. The van der Waals surface area contributed by atoms with Crippen LogP contribution in [0.4, 0.5) is 0 Å². The van der Waals surface area contributed by atoms with E-state index in [4.69, 9.17) is 5.26 Å². The molecule has 0 amide bonds. The number of hydrogen-bond donors (Lipinski definition) is 0. The summed E-state index contributed by atoms with van der Waals surface area (Å²) in [5.74, 6) is -1.35. The lowest BCUT2D eigenvalue weighted by Crippen LogP contribution is -2.38. The van der Waals surface area contributed by atoms with E-state index in [0.29, 0.717) is 6.54 Å². The predicted molar refractivity (Wildman–Crippen MR) is 62.4 cm³/mol. The van der Waals surface area contributed by atoms with Gasteiger partial charge in [-0.3, -0.25) is 4.79 Å². The van der Waals surface area contributed by atoms with Crippen molar-refractivity contribution in [3.05, 3.63) is 0 Å². The minimum Gasteiger partial charge on any atom is -0.468 e. The Bertz CT molecular complexity index is 384. The van der Waals surface area contributed by atoms with Crippen LogP contribution in [-0.4, -0.2) is 44.6 Å². The number of nitriles is 1. The van der Waals surface area contributed by atoms with Crippen molar-refractivity contribution in [2.45, 2.75) is 20.3 Å². The first kappa shape index (κ1) is 15.9. The average Bonchev–Trinajstić information content (AvgIpc) is 2.22. The Hall–Kier alpha value is -1.13. The summed E-state index contributed by atoms with van der Waals surface area (Å²) in [6.07, 6.45) is 0.104. The third-order valence-electron chi connectivity index (χ3n) is 1.96. The van der Waals surface area contributed by atoms with Crippen LogP contribution in [0.15, 0.2) is 0 Å². The van der Waals surface area contributed by atoms with E-state index in [2.05, 4.69) is 4.74 Å². The normalized spacial score (nSPS) is 11.5. The van der Waals surface area contributed by atoms with E-state index in [1.54, 1.807) is 0 Å². The first-order valence-corrected chi connectivity index (χ1v) is 6.86. The summed E-state index contributed by atoms with van der Waals surface area (Å²) in [6.45, 7) is 4.13. The SMILES string of the molecule is COC(=O)CS(=O)(=O)N(CCC#N)CC(C)C. The van der Waals surface area contributed by atoms with E-state index in [1.165, 1.54) is 0 Å². The van der Waals surface area contributed by atoms with Crippen molar-refractivity contribution in [1.29, 1.82) is 5.26 Å². The van der Waals surface area contributed by atoms with Gasteiger partial charge in [0.05, 0.1) is 13.2 Å². The van der Waals surface area contributed by atoms with Gasteiger partial charge in [-0.25, -0.2) is 12.7 Å². The Kier molecular flexibility index (Phi) is 6.76. The quantitative estimate of drug-likeness (QED) is 0.618. The van der Waals surface area contributed by atoms with Crippen LogP contribution >= 0.6 is 0 Å². The van der Waals surface area contributed by atoms with Gasteiger partial charge in [0.25, 0.3) is 0 Å². The van der Waals surface area contributed by atoms with E-state index in [0.717, 1.165) is 11.4 Å². The van der Waals surface area contributed by atoms with Crippen molar-refractivity contribution < 1.29 is 17.9 Å². The highest BCUT2D eigenvalue weighted by atomic mass is 32.2. The van der Waals surface area contributed by atoms with E-state index >= 15 is 0 Å². The highest BCUT2D eigenvalue weighted by molar-refractivity contribution is 7.89. The van der Waals surface area contributed by atoms with Crippen LogP contribution in [0.3, 0.4) is 0 Å². The molecule has 0 aliphatic carbocycles. The molecule has 7 heteroatoms. The molecule has 0 unspecified atom stereocenters. The Labute approximate surface area is 102 Å². The van der Waals surface area contributed by atoms with Gasteiger partial charge in [0.15, 0.2) is 5.75 Å². The van der Waals surface area contributed by atoms with Gasteiger partial charge in [-0.15, -0.1) is 0 Å². The predicted octanol–water partition coefficient (Wildman–Crippen LogP) is 0.361. The number of ether oxygens (including phenoxy) is 1. The molecule has 0 aromatic rings. The molecule has 0 N–H and O–H groups in total. The maximum Gasteiger partial charge on any atom is 0.322 e. The van der Waals surface area contributed by atoms with Crippen molar-refractivity contribution in [3.63, 3.8) is 0 Å². The Balaban J connectivity index is 4.76. The maximum atomic E-state index is 11.9. The molecule has 0 aromatic heterocycles. The summed E-state index contributed by atoms with van der Waals surface area (Å²) in [5, 5.41) is 8.48. The second kappa shape index (κ2) is 7.25. The first-order chi connectivity index (χ1) is 7.83. The molecule has 0 fully saturated rings. The third kappa shape index (κ3) is 6.24. The minimum atomic E-state index is -3.69. The van der Waals surface area contributed by atoms with Gasteiger partial charge in [0.2, 0.25) is 10.0 Å². The van der Waals surface area contributed by atoms with Crippen LogP contribution in [0.25, 0.3) is 0 Å². The molecular formula is C10H18N2O4S. The first-order valence-electron chi connectivity index (χ1n) is 5.25. The van der Waals surface area contributed by atoms with Crippen molar-refractivity contribution in [3.8, 4) is 6.07 Å². The second-order valence-electron chi connectivity index (χ2n) is 3.99. The van der Waals surface area contributed by atoms with Crippen LogP contribution in [-0.2, 0) is 19.6 Å². The lowest BCUT2D eigenvalue weighted by molar-refractivity contribution is -0.137. The molecule has 0 rings (SSSR count). The van der Waals surface area contributed by atoms with Gasteiger partial charge < -0.3 is 4.74 Å². The van der Waals surface area contributed by atoms with Gasteiger partial charge in [-0.2, -0.15) is 5.26 Å². The smallest absolute Gasteiger partial charge is 0.322 e. The van der Waals surface area contributed by atoms with Gasteiger partial charge in [-0.1, -0.05) is 13.8 Å². The molecule has 0 saturated heterocycles. The molecule has 0 radical (unpaired) electrons.